The molecule has 0 aromatic heterocycles. The summed E-state index contributed by atoms with van der Waals surface area (Å²) in [5.41, 5.74) is 5.17. The van der Waals surface area contributed by atoms with E-state index >= 15 is 0 Å². The number of piperazine rings is 1. The Labute approximate surface area is 178 Å². The molecule has 3 fully saturated rings. The monoisotopic (exact) mass is 432 g/mol. The molecule has 11 nitrogen and oxygen atoms in total. The minimum atomic E-state index is -1.02. The first-order valence-electron chi connectivity index (χ1n) is 10.3. The normalized spacial score (nSPS) is 35.2. The maximum atomic E-state index is 13.7. The van der Waals surface area contributed by atoms with Crippen molar-refractivity contribution in [3.8, 4) is 0 Å². The number of amides is 1. The predicted molar refractivity (Wildman–Crippen MR) is 103 cm³/mol. The maximum Gasteiger partial charge on any atom is 0.404 e. The van der Waals surface area contributed by atoms with Gasteiger partial charge in [0.2, 0.25) is 11.6 Å². The number of nitrogens with zero attached hydrogens (tertiary/aromatic N) is 2. The lowest BCUT2D eigenvalue weighted by Crippen LogP contribution is -2.55. The van der Waals surface area contributed by atoms with Crippen LogP contribution >= 0.6 is 0 Å². The zero-order valence-electron chi connectivity index (χ0n) is 17.5. The molecule has 31 heavy (non-hydrogen) atoms. The molecule has 0 aromatic carbocycles. The highest BCUT2D eigenvalue weighted by atomic mass is 16.6. The molecule has 3 saturated heterocycles. The fraction of sp³-hybridized carbons (Fsp3) is 0.600. The van der Waals surface area contributed by atoms with Gasteiger partial charge in [-0.15, -0.1) is 0 Å². The summed E-state index contributed by atoms with van der Waals surface area (Å²) in [6, 6.07) is -0.572. The number of carbonyl (C=O) groups is 4. The van der Waals surface area contributed by atoms with Crippen LogP contribution < -0.4 is 11.1 Å². The zero-order chi connectivity index (χ0) is 22.2. The highest BCUT2D eigenvalue weighted by molar-refractivity contribution is 6.25. The molecule has 5 rings (SSSR count). The summed E-state index contributed by atoms with van der Waals surface area (Å²) in [5.74, 6) is -1.78. The van der Waals surface area contributed by atoms with Crippen LogP contribution in [0.5, 0.6) is 0 Å². The van der Waals surface area contributed by atoms with Crippen LogP contribution in [0.4, 0.5) is 4.79 Å². The van der Waals surface area contributed by atoms with Gasteiger partial charge in [0.15, 0.2) is 5.72 Å². The average molecular weight is 432 g/mol. The topological polar surface area (TPSA) is 150 Å². The lowest BCUT2D eigenvalue weighted by molar-refractivity contribution is -0.143. The number of ketones is 2. The molecule has 0 aromatic rings. The summed E-state index contributed by atoms with van der Waals surface area (Å²) >= 11 is 0. The van der Waals surface area contributed by atoms with Crippen LogP contribution in [-0.4, -0.2) is 90.7 Å². The molecular weight excluding hydrogens is 408 g/mol. The summed E-state index contributed by atoms with van der Waals surface area (Å²) in [7, 11) is 1.52. The van der Waals surface area contributed by atoms with Crippen molar-refractivity contribution in [3.63, 3.8) is 0 Å². The minimum Gasteiger partial charge on any atom is -0.464 e. The third kappa shape index (κ3) is 2.53. The number of hydrogen-bond acceptors (Lipinski definition) is 10. The first kappa shape index (κ1) is 20.0. The molecule has 0 bridgehead atoms. The molecule has 2 unspecified atom stereocenters. The molecule has 4 heterocycles. The molecule has 0 spiro atoms. The number of Topliss-reactive ketones (excluding diaryl/α,β-unsaturated/α-hetero) is 2. The number of primary amides is 1. The van der Waals surface area contributed by atoms with Gasteiger partial charge in [-0.05, 0) is 13.8 Å². The molecule has 0 saturated carbocycles. The van der Waals surface area contributed by atoms with Gasteiger partial charge in [-0.25, -0.2) is 9.59 Å². The number of hydrogen-bond donors (Lipinski definition) is 2. The molecule has 5 atom stereocenters. The highest BCUT2D eigenvalue weighted by Gasteiger charge is 2.73. The van der Waals surface area contributed by atoms with Crippen molar-refractivity contribution in [3.05, 3.63) is 22.5 Å². The molecule has 166 valence electrons. The van der Waals surface area contributed by atoms with Gasteiger partial charge in [-0.2, -0.15) is 0 Å². The van der Waals surface area contributed by atoms with Crippen LogP contribution in [0, 0.1) is 5.92 Å². The van der Waals surface area contributed by atoms with Crippen molar-refractivity contribution >= 4 is 23.6 Å². The Morgan fingerprint density at radius 2 is 1.94 bits per heavy atom. The number of rotatable bonds is 6. The number of ether oxygens (including phenoxy) is 3. The number of nitrogens with two attached hydrogens (primary N) is 1. The third-order valence-corrected chi connectivity index (χ3v) is 6.85. The number of allylic oxidation sites excluding steroid dienone is 2. The second-order valence-electron chi connectivity index (χ2n) is 8.31. The van der Waals surface area contributed by atoms with Crippen LogP contribution in [0.15, 0.2) is 22.5 Å². The van der Waals surface area contributed by atoms with E-state index in [-0.39, 0.29) is 59.4 Å². The zero-order valence-corrected chi connectivity index (χ0v) is 17.5. The molecule has 1 aliphatic carbocycles. The summed E-state index contributed by atoms with van der Waals surface area (Å²) < 4.78 is 16.1. The van der Waals surface area contributed by atoms with Crippen molar-refractivity contribution < 1.29 is 33.4 Å². The smallest absolute Gasteiger partial charge is 0.404 e. The molecule has 4 aliphatic heterocycles. The Morgan fingerprint density at radius 3 is 2.58 bits per heavy atom. The van der Waals surface area contributed by atoms with Crippen LogP contribution in [0.2, 0.25) is 0 Å². The standard InChI is InChI=1S/C20H24N4O7/c1-4-30-18(27)11-6-23(11)13-8(2)15(25)14-12(16(13)26)9(7-31-19(21)28)20(29-3)17-10(22-17)5-24(14)20/h9-11,17,22H,4-7H2,1-3H3,(H2,21,28)/t9-,10+,11?,17+,20?,23?/m0/s1. The molecular formula is C20H24N4O7. The quantitative estimate of drug-likeness (QED) is 0.292. The Kier molecular flexibility index (Phi) is 4.22. The van der Waals surface area contributed by atoms with E-state index in [1.54, 1.807) is 18.7 Å². The van der Waals surface area contributed by atoms with Crippen molar-refractivity contribution in [2.45, 2.75) is 37.7 Å². The van der Waals surface area contributed by atoms with E-state index in [1.165, 1.54) is 7.11 Å². The number of esters is 1. The largest absolute Gasteiger partial charge is 0.464 e. The Balaban J connectivity index is 1.53. The predicted octanol–water partition coefficient (Wildman–Crippen LogP) is -1.36. The Bertz CT molecular complexity index is 988. The van der Waals surface area contributed by atoms with E-state index in [0.717, 1.165) is 0 Å². The highest BCUT2D eigenvalue weighted by Crippen LogP contribution is 2.56. The molecule has 0 radical (unpaired) electrons. The van der Waals surface area contributed by atoms with Gasteiger partial charge < -0.3 is 35.1 Å². The van der Waals surface area contributed by atoms with Gasteiger partial charge in [0.05, 0.1) is 36.5 Å². The Morgan fingerprint density at radius 1 is 1.19 bits per heavy atom. The number of nitrogens with one attached hydrogen (secondary N) is 1. The first-order valence-corrected chi connectivity index (χ1v) is 10.3. The fourth-order valence-electron chi connectivity index (χ4n) is 5.45. The van der Waals surface area contributed by atoms with Crippen LogP contribution in [-0.2, 0) is 28.6 Å². The summed E-state index contributed by atoms with van der Waals surface area (Å²) in [6.07, 6.45) is -0.972. The van der Waals surface area contributed by atoms with Crippen molar-refractivity contribution in [2.24, 2.45) is 11.7 Å². The van der Waals surface area contributed by atoms with Gasteiger partial charge in [0, 0.05) is 30.8 Å². The SMILES string of the molecule is CCOC(=O)C1CN1C1=C(C)C(=O)C2=C(C1=O)[C@H](COC(N)=O)C1(OC)[C@@H]3N[C@@H]3CN21. The van der Waals surface area contributed by atoms with Gasteiger partial charge >= 0.3 is 12.1 Å². The summed E-state index contributed by atoms with van der Waals surface area (Å²) in [5, 5.41) is 3.31. The third-order valence-electron chi connectivity index (χ3n) is 6.85. The van der Waals surface area contributed by atoms with Crippen LogP contribution in [0.3, 0.4) is 0 Å². The van der Waals surface area contributed by atoms with Crippen LogP contribution in [0.1, 0.15) is 13.8 Å². The molecule has 11 heteroatoms. The van der Waals surface area contributed by atoms with Gasteiger partial charge in [-0.1, -0.05) is 0 Å². The second kappa shape index (κ2) is 6.54. The van der Waals surface area contributed by atoms with Crippen LogP contribution in [0.25, 0.3) is 0 Å². The van der Waals surface area contributed by atoms with E-state index in [4.69, 9.17) is 19.9 Å². The molecule has 3 N–H and O–H groups in total. The molecule has 5 aliphatic rings. The first-order chi connectivity index (χ1) is 14.8. The van der Waals surface area contributed by atoms with E-state index < -0.39 is 29.7 Å². The van der Waals surface area contributed by atoms with Crippen molar-refractivity contribution in [1.82, 2.24) is 15.1 Å². The van der Waals surface area contributed by atoms with Gasteiger partial charge in [-0.3, -0.25) is 9.59 Å². The maximum absolute atomic E-state index is 13.7. The Hall–Kier alpha value is -2.92. The lowest BCUT2D eigenvalue weighted by atomic mass is 9.82. The molecule has 1 amide bonds. The van der Waals surface area contributed by atoms with E-state index in [2.05, 4.69) is 5.32 Å². The number of carbonyl (C=O) groups excluding carboxylic acids is 4. The van der Waals surface area contributed by atoms with E-state index in [1.807, 2.05) is 4.90 Å². The minimum absolute atomic E-state index is 0.109. The summed E-state index contributed by atoms with van der Waals surface area (Å²) in [4.78, 5) is 54.0. The number of methoxy groups -OCH3 is 1. The van der Waals surface area contributed by atoms with E-state index in [9.17, 15) is 19.2 Å². The second-order valence-corrected chi connectivity index (χ2v) is 8.31. The fourth-order valence-corrected chi connectivity index (χ4v) is 5.45. The summed E-state index contributed by atoms with van der Waals surface area (Å²) in [6.45, 7) is 4.14. The van der Waals surface area contributed by atoms with Crippen molar-refractivity contribution in [1.29, 1.82) is 0 Å². The van der Waals surface area contributed by atoms with Crippen molar-refractivity contribution in [2.75, 3.05) is 33.4 Å². The average Bonchev–Trinajstić information content (AvgIpc) is 3.62. The van der Waals surface area contributed by atoms with Gasteiger partial charge in [0.1, 0.15) is 12.6 Å². The van der Waals surface area contributed by atoms with Gasteiger partial charge in [0.25, 0.3) is 0 Å². The number of fused-ring (bicyclic) bond motifs is 4. The van der Waals surface area contributed by atoms with E-state index in [0.29, 0.717) is 13.1 Å². The lowest BCUT2D eigenvalue weighted by Gasteiger charge is -2.39.